The zero-order valence-electron chi connectivity index (χ0n) is 11.7. The molecule has 0 aliphatic rings. The second-order valence-electron chi connectivity index (χ2n) is 4.74. The van der Waals surface area contributed by atoms with Gasteiger partial charge in [0.25, 0.3) is 5.56 Å². The summed E-state index contributed by atoms with van der Waals surface area (Å²) in [6, 6.07) is 12.3. The van der Waals surface area contributed by atoms with Gasteiger partial charge in [0.1, 0.15) is 5.75 Å². The molecule has 3 aromatic rings. The van der Waals surface area contributed by atoms with Gasteiger partial charge in [0.15, 0.2) is 0 Å². The summed E-state index contributed by atoms with van der Waals surface area (Å²) < 4.78 is 6.33. The lowest BCUT2D eigenvalue weighted by Crippen LogP contribution is -2.34. The highest BCUT2D eigenvalue weighted by Crippen LogP contribution is 2.20. The van der Waals surface area contributed by atoms with Gasteiger partial charge in [-0.3, -0.25) is 4.79 Å². The molecule has 106 valence electrons. The number of fused-ring (bicyclic) bond motifs is 1. The first-order chi connectivity index (χ1) is 10.1. The Bertz CT molecular complexity index is 938. The highest BCUT2D eigenvalue weighted by atomic mass is 16.5. The van der Waals surface area contributed by atoms with Crippen LogP contribution in [-0.4, -0.2) is 16.7 Å². The summed E-state index contributed by atoms with van der Waals surface area (Å²) in [5.41, 5.74) is 1.01. The second kappa shape index (κ2) is 4.94. The fourth-order valence-corrected chi connectivity index (χ4v) is 2.42. The molecular weight excluding hydrogens is 268 g/mol. The first-order valence-electron chi connectivity index (χ1n) is 6.51. The number of nitrogens with zero attached hydrogens (tertiary/aromatic N) is 1. The summed E-state index contributed by atoms with van der Waals surface area (Å²) in [5.74, 6) is 0.470. The molecular formula is C16H14N2O3. The second-order valence-corrected chi connectivity index (χ2v) is 4.74. The van der Waals surface area contributed by atoms with Crippen molar-refractivity contribution in [3.8, 4) is 11.4 Å². The van der Waals surface area contributed by atoms with Crippen molar-refractivity contribution >= 4 is 10.9 Å². The number of hydrogen-bond acceptors (Lipinski definition) is 3. The number of para-hydroxylation sites is 3. The molecule has 0 aliphatic heterocycles. The first-order valence-corrected chi connectivity index (χ1v) is 6.51. The molecule has 2 aromatic carbocycles. The van der Waals surface area contributed by atoms with E-state index in [0.717, 1.165) is 10.1 Å². The number of ether oxygens (including phenoxy) is 1. The predicted octanol–water partition coefficient (Wildman–Crippen LogP) is 2.00. The van der Waals surface area contributed by atoms with Crippen LogP contribution in [0, 0.1) is 6.92 Å². The van der Waals surface area contributed by atoms with Crippen LogP contribution >= 0.6 is 0 Å². The van der Waals surface area contributed by atoms with Gasteiger partial charge in [-0.15, -0.1) is 0 Å². The van der Waals surface area contributed by atoms with Crippen LogP contribution in [0.4, 0.5) is 0 Å². The molecule has 1 N–H and O–H groups in total. The summed E-state index contributed by atoms with van der Waals surface area (Å²) in [6.45, 7) is 1.85. The van der Waals surface area contributed by atoms with Gasteiger partial charge in [-0.1, -0.05) is 24.3 Å². The molecule has 1 heterocycles. The van der Waals surface area contributed by atoms with Crippen molar-refractivity contribution < 1.29 is 4.74 Å². The van der Waals surface area contributed by atoms with Crippen LogP contribution in [0.5, 0.6) is 5.75 Å². The highest BCUT2D eigenvalue weighted by Gasteiger charge is 2.13. The maximum atomic E-state index is 12.7. The van der Waals surface area contributed by atoms with Crippen molar-refractivity contribution in [1.82, 2.24) is 9.55 Å². The van der Waals surface area contributed by atoms with Crippen molar-refractivity contribution in [2.75, 3.05) is 7.11 Å². The normalized spacial score (nSPS) is 10.8. The molecule has 0 unspecified atom stereocenters. The Morgan fingerprint density at radius 1 is 1.05 bits per heavy atom. The van der Waals surface area contributed by atoms with E-state index in [1.54, 1.807) is 36.4 Å². The number of aryl methyl sites for hydroxylation is 1. The molecule has 0 amide bonds. The van der Waals surface area contributed by atoms with Crippen molar-refractivity contribution in [2.45, 2.75) is 6.92 Å². The van der Waals surface area contributed by atoms with Crippen molar-refractivity contribution in [3.63, 3.8) is 0 Å². The molecule has 1 aromatic heterocycles. The van der Waals surface area contributed by atoms with E-state index in [2.05, 4.69) is 4.98 Å². The van der Waals surface area contributed by atoms with Crippen LogP contribution in [0.25, 0.3) is 16.6 Å². The number of aromatic amines is 1. The van der Waals surface area contributed by atoms with Crippen LogP contribution in [0.2, 0.25) is 0 Å². The third-order valence-electron chi connectivity index (χ3n) is 3.47. The Balaban J connectivity index is 2.45. The summed E-state index contributed by atoms with van der Waals surface area (Å²) in [6.07, 6.45) is 0. The van der Waals surface area contributed by atoms with Crippen LogP contribution < -0.4 is 16.0 Å². The Labute approximate surface area is 120 Å². The molecule has 0 radical (unpaired) electrons. The van der Waals surface area contributed by atoms with Gasteiger partial charge < -0.3 is 9.72 Å². The minimum atomic E-state index is -0.480. The van der Waals surface area contributed by atoms with E-state index in [0.29, 0.717) is 22.3 Å². The molecule has 3 rings (SSSR count). The van der Waals surface area contributed by atoms with Gasteiger partial charge in [0.2, 0.25) is 0 Å². The average molecular weight is 282 g/mol. The predicted molar refractivity (Wildman–Crippen MR) is 81.5 cm³/mol. The van der Waals surface area contributed by atoms with Crippen LogP contribution in [-0.2, 0) is 0 Å². The molecule has 21 heavy (non-hydrogen) atoms. The van der Waals surface area contributed by atoms with E-state index in [1.807, 2.05) is 13.0 Å². The lowest BCUT2D eigenvalue weighted by Gasteiger charge is -2.11. The Morgan fingerprint density at radius 3 is 2.57 bits per heavy atom. The molecule has 0 spiro atoms. The van der Waals surface area contributed by atoms with E-state index in [-0.39, 0.29) is 5.56 Å². The fourth-order valence-electron chi connectivity index (χ4n) is 2.42. The van der Waals surface area contributed by atoms with Gasteiger partial charge >= 0.3 is 5.69 Å². The maximum absolute atomic E-state index is 12.7. The first kappa shape index (κ1) is 13.2. The van der Waals surface area contributed by atoms with E-state index in [1.165, 1.54) is 7.11 Å². The van der Waals surface area contributed by atoms with Crippen molar-refractivity contribution in [3.05, 3.63) is 68.9 Å². The molecule has 5 heteroatoms. The molecule has 0 saturated carbocycles. The van der Waals surface area contributed by atoms with Gasteiger partial charge in [0, 0.05) is 0 Å². The maximum Gasteiger partial charge on any atom is 0.333 e. The third kappa shape index (κ3) is 2.03. The minimum Gasteiger partial charge on any atom is -0.495 e. The molecule has 0 fully saturated rings. The lowest BCUT2D eigenvalue weighted by molar-refractivity contribution is 0.412. The molecule has 0 aliphatic carbocycles. The fraction of sp³-hybridized carbons (Fsp3) is 0.125. The van der Waals surface area contributed by atoms with E-state index >= 15 is 0 Å². The number of benzene rings is 2. The zero-order valence-corrected chi connectivity index (χ0v) is 11.7. The van der Waals surface area contributed by atoms with Gasteiger partial charge in [-0.05, 0) is 30.7 Å². The number of nitrogens with one attached hydrogen (secondary N) is 1. The van der Waals surface area contributed by atoms with E-state index in [4.69, 9.17) is 4.74 Å². The summed E-state index contributed by atoms with van der Waals surface area (Å²) in [4.78, 5) is 27.8. The highest BCUT2D eigenvalue weighted by molar-refractivity contribution is 5.80. The van der Waals surface area contributed by atoms with Gasteiger partial charge in [-0.2, -0.15) is 0 Å². The quantitative estimate of drug-likeness (QED) is 0.782. The molecule has 0 atom stereocenters. The molecule has 0 bridgehead atoms. The topological polar surface area (TPSA) is 64.1 Å². The summed E-state index contributed by atoms with van der Waals surface area (Å²) >= 11 is 0. The number of hydrogen-bond donors (Lipinski definition) is 1. The van der Waals surface area contributed by atoms with Gasteiger partial charge in [0.05, 0.1) is 23.7 Å². The van der Waals surface area contributed by atoms with Crippen LogP contribution in [0.15, 0.2) is 52.1 Å². The SMILES string of the molecule is COc1ccccc1-n1c(=O)[nH]c2c(C)cccc2c1=O. The standard InChI is InChI=1S/C16H14N2O3/c1-10-6-5-7-11-14(10)17-16(20)18(15(11)19)12-8-3-4-9-13(12)21-2/h3-9H,1-2H3,(H,17,20). The van der Waals surface area contributed by atoms with Crippen molar-refractivity contribution in [2.24, 2.45) is 0 Å². The molecule has 0 saturated heterocycles. The van der Waals surface area contributed by atoms with Crippen LogP contribution in [0.1, 0.15) is 5.56 Å². The van der Waals surface area contributed by atoms with E-state index < -0.39 is 5.69 Å². The minimum absolute atomic E-state index is 0.359. The largest absolute Gasteiger partial charge is 0.495 e. The Morgan fingerprint density at radius 2 is 1.81 bits per heavy atom. The Hall–Kier alpha value is -2.82. The van der Waals surface area contributed by atoms with Crippen LogP contribution in [0.3, 0.4) is 0 Å². The number of rotatable bonds is 2. The Kier molecular flexibility index (Phi) is 3.10. The zero-order chi connectivity index (χ0) is 15.0. The average Bonchev–Trinajstić information content (AvgIpc) is 2.49. The summed E-state index contributed by atoms with van der Waals surface area (Å²) in [7, 11) is 1.50. The summed E-state index contributed by atoms with van der Waals surface area (Å²) in [5, 5.41) is 0.473. The van der Waals surface area contributed by atoms with Gasteiger partial charge in [-0.25, -0.2) is 9.36 Å². The number of aromatic nitrogens is 2. The lowest BCUT2D eigenvalue weighted by atomic mass is 10.1. The third-order valence-corrected chi connectivity index (χ3v) is 3.47. The number of methoxy groups -OCH3 is 1. The number of H-pyrrole nitrogens is 1. The monoisotopic (exact) mass is 282 g/mol. The van der Waals surface area contributed by atoms with E-state index in [9.17, 15) is 9.59 Å². The molecule has 5 nitrogen and oxygen atoms in total. The van der Waals surface area contributed by atoms with Crippen molar-refractivity contribution in [1.29, 1.82) is 0 Å². The smallest absolute Gasteiger partial charge is 0.333 e.